The molecule has 0 spiro atoms. The number of ether oxygens (including phenoxy) is 1. The van der Waals surface area contributed by atoms with Crippen LogP contribution in [0.15, 0.2) is 28.2 Å². The Labute approximate surface area is 116 Å². The zero-order valence-corrected chi connectivity index (χ0v) is 11.9. The summed E-state index contributed by atoms with van der Waals surface area (Å²) in [4.78, 5) is 17.6. The largest absolute Gasteiger partial charge is 0.482 e. The van der Waals surface area contributed by atoms with E-state index in [9.17, 15) is 4.79 Å². The SMILES string of the molecule is CN1C(=O)COc2ccc(-c3nc(Br)cs3)cc21. The molecule has 1 amide bonds. The molecule has 6 heteroatoms. The molecule has 18 heavy (non-hydrogen) atoms. The highest BCUT2D eigenvalue weighted by Gasteiger charge is 2.22. The maximum atomic E-state index is 11.6. The maximum absolute atomic E-state index is 11.6. The molecule has 0 unspecified atom stereocenters. The molecule has 2 heterocycles. The van der Waals surface area contributed by atoms with Gasteiger partial charge in [0.1, 0.15) is 15.4 Å². The number of anilines is 1. The minimum absolute atomic E-state index is 0.0417. The number of carbonyl (C=O) groups excluding carboxylic acids is 1. The van der Waals surface area contributed by atoms with E-state index in [1.807, 2.05) is 23.6 Å². The molecule has 2 aromatic rings. The number of amides is 1. The van der Waals surface area contributed by atoms with Gasteiger partial charge < -0.3 is 9.64 Å². The number of hydrogen-bond acceptors (Lipinski definition) is 4. The molecule has 4 nitrogen and oxygen atoms in total. The lowest BCUT2D eigenvalue weighted by molar-refractivity contribution is -0.120. The molecule has 1 aliphatic rings. The average molecular weight is 325 g/mol. The van der Waals surface area contributed by atoms with Crippen molar-refractivity contribution in [3.8, 4) is 16.3 Å². The molecule has 0 fully saturated rings. The topological polar surface area (TPSA) is 42.4 Å². The molecular formula is C12H9BrN2O2S. The van der Waals surface area contributed by atoms with Crippen LogP contribution in [-0.2, 0) is 4.79 Å². The summed E-state index contributed by atoms with van der Waals surface area (Å²) in [6, 6.07) is 5.76. The molecule has 0 atom stereocenters. The number of carbonyl (C=O) groups is 1. The predicted molar refractivity (Wildman–Crippen MR) is 74.2 cm³/mol. The summed E-state index contributed by atoms with van der Waals surface area (Å²) in [6.07, 6.45) is 0. The van der Waals surface area contributed by atoms with E-state index in [2.05, 4.69) is 20.9 Å². The Kier molecular flexibility index (Phi) is 2.83. The van der Waals surface area contributed by atoms with Crippen LogP contribution in [0.1, 0.15) is 0 Å². The Balaban J connectivity index is 2.07. The van der Waals surface area contributed by atoms with Gasteiger partial charge in [-0.3, -0.25) is 4.79 Å². The monoisotopic (exact) mass is 324 g/mol. The Morgan fingerprint density at radius 3 is 3.06 bits per heavy atom. The van der Waals surface area contributed by atoms with Crippen molar-refractivity contribution in [1.82, 2.24) is 4.98 Å². The molecule has 0 radical (unpaired) electrons. The van der Waals surface area contributed by atoms with Crippen molar-refractivity contribution in [2.45, 2.75) is 0 Å². The number of halogens is 1. The van der Waals surface area contributed by atoms with Crippen LogP contribution >= 0.6 is 27.3 Å². The van der Waals surface area contributed by atoms with E-state index >= 15 is 0 Å². The van der Waals surface area contributed by atoms with Gasteiger partial charge in [0.2, 0.25) is 0 Å². The average Bonchev–Trinajstić information content (AvgIpc) is 2.80. The first-order valence-electron chi connectivity index (χ1n) is 5.30. The number of likely N-dealkylation sites (N-methyl/N-ethyl adjacent to an activating group) is 1. The Morgan fingerprint density at radius 1 is 1.50 bits per heavy atom. The first-order valence-corrected chi connectivity index (χ1v) is 6.97. The smallest absolute Gasteiger partial charge is 0.264 e. The molecule has 0 saturated carbocycles. The Morgan fingerprint density at radius 2 is 2.33 bits per heavy atom. The Hall–Kier alpha value is -1.40. The van der Waals surface area contributed by atoms with Crippen LogP contribution in [-0.4, -0.2) is 24.5 Å². The van der Waals surface area contributed by atoms with Crippen LogP contribution in [0.2, 0.25) is 0 Å². The molecule has 0 aliphatic carbocycles. The summed E-state index contributed by atoms with van der Waals surface area (Å²) in [7, 11) is 1.76. The van der Waals surface area contributed by atoms with Gasteiger partial charge in [0.15, 0.2) is 6.61 Å². The molecule has 92 valence electrons. The highest BCUT2D eigenvalue weighted by molar-refractivity contribution is 9.10. The van der Waals surface area contributed by atoms with Crippen molar-refractivity contribution in [3.63, 3.8) is 0 Å². The Bertz CT molecular complexity index is 626. The lowest BCUT2D eigenvalue weighted by atomic mass is 10.1. The van der Waals surface area contributed by atoms with Crippen LogP contribution in [0.4, 0.5) is 5.69 Å². The van der Waals surface area contributed by atoms with E-state index in [0.717, 1.165) is 26.6 Å². The van der Waals surface area contributed by atoms with Gasteiger partial charge in [-0.05, 0) is 34.1 Å². The van der Waals surface area contributed by atoms with Crippen molar-refractivity contribution >= 4 is 38.9 Å². The lowest BCUT2D eigenvalue weighted by Gasteiger charge is -2.26. The van der Waals surface area contributed by atoms with Gasteiger partial charge in [-0.25, -0.2) is 4.98 Å². The van der Waals surface area contributed by atoms with Gasteiger partial charge >= 0.3 is 0 Å². The van der Waals surface area contributed by atoms with Crippen molar-refractivity contribution < 1.29 is 9.53 Å². The molecule has 1 aromatic heterocycles. The van der Waals surface area contributed by atoms with Crippen molar-refractivity contribution in [1.29, 1.82) is 0 Å². The van der Waals surface area contributed by atoms with E-state index < -0.39 is 0 Å². The first kappa shape index (κ1) is 11.7. The second-order valence-corrected chi connectivity index (χ2v) is 5.57. The maximum Gasteiger partial charge on any atom is 0.264 e. The second kappa shape index (κ2) is 4.37. The number of fused-ring (bicyclic) bond motifs is 1. The quantitative estimate of drug-likeness (QED) is 0.810. The molecule has 0 N–H and O–H groups in total. The van der Waals surface area contributed by atoms with E-state index in [-0.39, 0.29) is 12.5 Å². The van der Waals surface area contributed by atoms with Gasteiger partial charge in [-0.1, -0.05) is 0 Å². The van der Waals surface area contributed by atoms with Gasteiger partial charge in [-0.15, -0.1) is 11.3 Å². The number of thiazole rings is 1. The molecular weight excluding hydrogens is 316 g/mol. The first-order chi connectivity index (χ1) is 8.65. The van der Waals surface area contributed by atoms with Crippen LogP contribution in [0.3, 0.4) is 0 Å². The summed E-state index contributed by atoms with van der Waals surface area (Å²) < 4.78 is 6.21. The number of hydrogen-bond donors (Lipinski definition) is 0. The third-order valence-corrected chi connectivity index (χ3v) is 4.37. The van der Waals surface area contributed by atoms with Crippen molar-refractivity contribution in [3.05, 3.63) is 28.2 Å². The van der Waals surface area contributed by atoms with Crippen molar-refractivity contribution in [2.75, 3.05) is 18.6 Å². The molecule has 3 rings (SSSR count). The van der Waals surface area contributed by atoms with Crippen LogP contribution < -0.4 is 9.64 Å². The number of nitrogens with zero attached hydrogens (tertiary/aromatic N) is 2. The minimum Gasteiger partial charge on any atom is -0.482 e. The predicted octanol–water partition coefficient (Wildman–Crippen LogP) is 2.93. The van der Waals surface area contributed by atoms with Gasteiger partial charge in [0.25, 0.3) is 5.91 Å². The highest BCUT2D eigenvalue weighted by Crippen LogP contribution is 2.36. The van der Waals surface area contributed by atoms with Crippen LogP contribution in [0.5, 0.6) is 5.75 Å². The number of aromatic nitrogens is 1. The minimum atomic E-state index is -0.0417. The molecule has 1 aliphatic heterocycles. The summed E-state index contributed by atoms with van der Waals surface area (Å²) in [5, 5.41) is 2.84. The summed E-state index contributed by atoms with van der Waals surface area (Å²) >= 11 is 4.89. The normalized spacial score (nSPS) is 14.3. The summed E-state index contributed by atoms with van der Waals surface area (Å²) in [6.45, 7) is 0.103. The number of benzene rings is 1. The molecule has 0 saturated heterocycles. The van der Waals surface area contributed by atoms with Gasteiger partial charge in [0, 0.05) is 18.0 Å². The third kappa shape index (κ3) is 1.91. The fraction of sp³-hybridized carbons (Fsp3) is 0.167. The van der Waals surface area contributed by atoms with E-state index in [4.69, 9.17) is 4.74 Å². The summed E-state index contributed by atoms with van der Waals surface area (Å²) in [5.41, 5.74) is 1.77. The van der Waals surface area contributed by atoms with E-state index in [1.54, 1.807) is 23.3 Å². The standard InChI is InChI=1S/C12H9BrN2O2S/c1-15-8-4-7(12-14-10(13)6-18-12)2-3-9(8)17-5-11(15)16/h2-4,6H,5H2,1H3. The fourth-order valence-corrected chi connectivity index (χ4v) is 3.04. The van der Waals surface area contributed by atoms with Crippen LogP contribution in [0.25, 0.3) is 10.6 Å². The third-order valence-electron chi connectivity index (χ3n) is 2.77. The highest BCUT2D eigenvalue weighted by atomic mass is 79.9. The van der Waals surface area contributed by atoms with Crippen LogP contribution in [0, 0.1) is 0 Å². The number of rotatable bonds is 1. The molecule has 0 bridgehead atoms. The lowest BCUT2D eigenvalue weighted by Crippen LogP contribution is -2.35. The zero-order valence-electron chi connectivity index (χ0n) is 9.51. The van der Waals surface area contributed by atoms with Gasteiger partial charge in [-0.2, -0.15) is 0 Å². The van der Waals surface area contributed by atoms with Crippen molar-refractivity contribution in [2.24, 2.45) is 0 Å². The zero-order chi connectivity index (χ0) is 12.7. The van der Waals surface area contributed by atoms with E-state index in [1.165, 1.54) is 0 Å². The molecule has 1 aromatic carbocycles. The van der Waals surface area contributed by atoms with Gasteiger partial charge in [0.05, 0.1) is 5.69 Å². The fourth-order valence-electron chi connectivity index (χ4n) is 1.79. The second-order valence-electron chi connectivity index (χ2n) is 3.90. The summed E-state index contributed by atoms with van der Waals surface area (Å²) in [5.74, 6) is 0.691. The van der Waals surface area contributed by atoms with E-state index in [0.29, 0.717) is 0 Å².